The van der Waals surface area contributed by atoms with E-state index in [1.54, 1.807) is 6.07 Å². The molecule has 0 radical (unpaired) electrons. The van der Waals surface area contributed by atoms with Gasteiger partial charge < -0.3 is 10.2 Å². The monoisotopic (exact) mass is 355 g/mol. The van der Waals surface area contributed by atoms with E-state index in [4.69, 9.17) is 0 Å². The van der Waals surface area contributed by atoms with Gasteiger partial charge in [-0.3, -0.25) is 4.90 Å². The molecule has 1 unspecified atom stereocenters. The zero-order chi connectivity index (χ0) is 19.5. The molecule has 0 bridgehead atoms. The molecule has 1 atom stereocenters. The molecule has 140 valence electrons. The van der Waals surface area contributed by atoms with Gasteiger partial charge in [0.25, 0.3) is 0 Å². The van der Waals surface area contributed by atoms with E-state index in [9.17, 15) is 15.0 Å². The number of hydrogen-bond donors (Lipinski definition) is 2. The summed E-state index contributed by atoms with van der Waals surface area (Å²) in [5, 5.41) is 20.2. The number of phenolic OH excluding ortho intramolecular Hbond substituents is 1. The van der Waals surface area contributed by atoms with E-state index in [2.05, 4.69) is 39.5 Å². The van der Waals surface area contributed by atoms with Crippen molar-refractivity contribution in [3.8, 4) is 5.75 Å². The van der Waals surface area contributed by atoms with Gasteiger partial charge in [0.05, 0.1) is 11.1 Å². The topological polar surface area (TPSA) is 60.8 Å². The third-order valence-electron chi connectivity index (χ3n) is 5.01. The fourth-order valence-electron chi connectivity index (χ4n) is 4.21. The lowest BCUT2D eigenvalue weighted by molar-refractivity contribution is 0.0458. The van der Waals surface area contributed by atoms with Gasteiger partial charge in [-0.05, 0) is 57.9 Å². The van der Waals surface area contributed by atoms with Crippen LogP contribution in [0.2, 0.25) is 0 Å². The highest BCUT2D eigenvalue weighted by Crippen LogP contribution is 2.45. The molecule has 2 rings (SSSR count). The Labute approximate surface area is 156 Å². The summed E-state index contributed by atoms with van der Waals surface area (Å²) in [6, 6.07) is 15.0. The Morgan fingerprint density at radius 3 is 2.08 bits per heavy atom. The SMILES string of the molecule is CCC(c1ccccc1)(c1cc(C(=O)O)ccc1O)N(C(C)C)C(C)C. The van der Waals surface area contributed by atoms with E-state index < -0.39 is 11.5 Å². The highest BCUT2D eigenvalue weighted by Gasteiger charge is 2.43. The number of rotatable bonds is 7. The minimum atomic E-state index is -0.995. The number of nitrogens with zero attached hydrogens (tertiary/aromatic N) is 1. The summed E-state index contributed by atoms with van der Waals surface area (Å²) in [4.78, 5) is 13.9. The average molecular weight is 355 g/mol. The quantitative estimate of drug-likeness (QED) is 0.744. The number of aromatic carboxylic acids is 1. The molecule has 0 aliphatic rings. The lowest BCUT2D eigenvalue weighted by Gasteiger charge is -2.49. The van der Waals surface area contributed by atoms with Crippen LogP contribution in [0, 0.1) is 0 Å². The van der Waals surface area contributed by atoms with Crippen LogP contribution < -0.4 is 0 Å². The Hall–Kier alpha value is -2.33. The van der Waals surface area contributed by atoms with Crippen molar-refractivity contribution in [3.05, 3.63) is 65.2 Å². The van der Waals surface area contributed by atoms with Crippen LogP contribution in [0.25, 0.3) is 0 Å². The Morgan fingerprint density at radius 2 is 1.62 bits per heavy atom. The number of carboxylic acids is 1. The predicted molar refractivity (Wildman–Crippen MR) is 105 cm³/mol. The molecule has 0 saturated heterocycles. The first kappa shape index (κ1) is 20.0. The van der Waals surface area contributed by atoms with Crippen LogP contribution in [0.5, 0.6) is 5.75 Å². The number of carboxylic acid groups (broad SMARTS) is 1. The molecule has 0 heterocycles. The molecule has 2 N–H and O–H groups in total. The van der Waals surface area contributed by atoms with Gasteiger partial charge in [-0.15, -0.1) is 0 Å². The normalized spacial score (nSPS) is 14.0. The summed E-state index contributed by atoms with van der Waals surface area (Å²) in [5.74, 6) is -0.878. The van der Waals surface area contributed by atoms with Crippen molar-refractivity contribution in [1.29, 1.82) is 0 Å². The zero-order valence-corrected chi connectivity index (χ0v) is 16.2. The average Bonchev–Trinajstić information content (AvgIpc) is 2.60. The maximum atomic E-state index is 11.6. The van der Waals surface area contributed by atoms with E-state index in [-0.39, 0.29) is 23.4 Å². The molecule has 0 spiro atoms. The Bertz CT molecular complexity index is 747. The van der Waals surface area contributed by atoms with Gasteiger partial charge >= 0.3 is 5.97 Å². The maximum absolute atomic E-state index is 11.6. The van der Waals surface area contributed by atoms with Crippen LogP contribution >= 0.6 is 0 Å². The highest BCUT2D eigenvalue weighted by atomic mass is 16.4. The number of phenols is 1. The first-order valence-electron chi connectivity index (χ1n) is 9.16. The molecular formula is C22H29NO3. The van der Waals surface area contributed by atoms with Crippen molar-refractivity contribution in [3.63, 3.8) is 0 Å². The molecule has 4 heteroatoms. The Balaban J connectivity index is 2.88. The summed E-state index contributed by atoms with van der Waals surface area (Å²) in [6.45, 7) is 10.6. The van der Waals surface area contributed by atoms with Crippen molar-refractivity contribution in [2.24, 2.45) is 0 Å². The summed E-state index contributed by atoms with van der Waals surface area (Å²) in [5.41, 5.74) is 1.23. The standard InChI is InChI=1S/C22H29NO3/c1-6-22(18-10-8-7-9-11-18,23(15(2)3)16(4)5)19-14-17(21(25)26)12-13-20(19)24/h7-16,24H,6H2,1-5H3,(H,25,26). The van der Waals surface area contributed by atoms with Crippen LogP contribution in [0.3, 0.4) is 0 Å². The molecule has 0 saturated carbocycles. The lowest BCUT2D eigenvalue weighted by Crippen LogP contribution is -2.53. The number of benzene rings is 2. The molecule has 0 fully saturated rings. The highest BCUT2D eigenvalue weighted by molar-refractivity contribution is 5.88. The van der Waals surface area contributed by atoms with Crippen molar-refractivity contribution >= 4 is 5.97 Å². The van der Waals surface area contributed by atoms with E-state index in [0.29, 0.717) is 12.0 Å². The maximum Gasteiger partial charge on any atom is 0.335 e. The molecule has 4 nitrogen and oxygen atoms in total. The minimum absolute atomic E-state index is 0.118. The van der Waals surface area contributed by atoms with Gasteiger partial charge in [0, 0.05) is 17.6 Å². The van der Waals surface area contributed by atoms with Gasteiger partial charge in [-0.1, -0.05) is 37.3 Å². The molecular weight excluding hydrogens is 326 g/mol. The largest absolute Gasteiger partial charge is 0.508 e. The number of carbonyl (C=O) groups is 1. The third kappa shape index (κ3) is 3.47. The van der Waals surface area contributed by atoms with Crippen LogP contribution in [0.1, 0.15) is 62.5 Å². The molecule has 2 aromatic carbocycles. The fourth-order valence-corrected chi connectivity index (χ4v) is 4.21. The third-order valence-corrected chi connectivity index (χ3v) is 5.01. The fraction of sp³-hybridized carbons (Fsp3) is 0.409. The van der Waals surface area contributed by atoms with Gasteiger partial charge in [0.1, 0.15) is 5.75 Å². The molecule has 0 aliphatic heterocycles. The summed E-state index contributed by atoms with van der Waals surface area (Å²) >= 11 is 0. The van der Waals surface area contributed by atoms with Gasteiger partial charge in [0.15, 0.2) is 0 Å². The van der Waals surface area contributed by atoms with Crippen LogP contribution in [0.4, 0.5) is 0 Å². The first-order valence-corrected chi connectivity index (χ1v) is 9.16. The number of aromatic hydroxyl groups is 1. The second-order valence-electron chi connectivity index (χ2n) is 7.21. The molecule has 26 heavy (non-hydrogen) atoms. The van der Waals surface area contributed by atoms with E-state index in [0.717, 1.165) is 5.56 Å². The molecule has 0 amide bonds. The van der Waals surface area contributed by atoms with Gasteiger partial charge in [-0.25, -0.2) is 4.79 Å². The second-order valence-corrected chi connectivity index (χ2v) is 7.21. The van der Waals surface area contributed by atoms with Gasteiger partial charge in [0.2, 0.25) is 0 Å². The lowest BCUT2D eigenvalue weighted by atomic mass is 9.76. The number of hydrogen-bond acceptors (Lipinski definition) is 3. The summed E-state index contributed by atoms with van der Waals surface area (Å²) in [6.07, 6.45) is 0.698. The first-order chi connectivity index (χ1) is 12.3. The Morgan fingerprint density at radius 1 is 1.04 bits per heavy atom. The summed E-state index contributed by atoms with van der Waals surface area (Å²) < 4.78 is 0. The van der Waals surface area contributed by atoms with Crippen molar-refractivity contribution < 1.29 is 15.0 Å². The van der Waals surface area contributed by atoms with Crippen molar-refractivity contribution in [2.75, 3.05) is 0 Å². The summed E-state index contributed by atoms with van der Waals surface area (Å²) in [7, 11) is 0. The predicted octanol–water partition coefficient (Wildman–Crippen LogP) is 4.86. The second kappa shape index (κ2) is 7.92. The van der Waals surface area contributed by atoms with Crippen LogP contribution in [0.15, 0.2) is 48.5 Å². The molecule has 0 aliphatic carbocycles. The minimum Gasteiger partial charge on any atom is -0.508 e. The van der Waals surface area contributed by atoms with Crippen molar-refractivity contribution in [2.45, 2.75) is 58.7 Å². The molecule has 2 aromatic rings. The molecule has 0 aromatic heterocycles. The van der Waals surface area contributed by atoms with E-state index in [1.165, 1.54) is 12.1 Å². The van der Waals surface area contributed by atoms with Crippen LogP contribution in [-0.2, 0) is 5.54 Å². The smallest absolute Gasteiger partial charge is 0.335 e. The Kier molecular flexibility index (Phi) is 6.09. The van der Waals surface area contributed by atoms with Crippen LogP contribution in [-0.4, -0.2) is 33.2 Å². The van der Waals surface area contributed by atoms with E-state index >= 15 is 0 Å². The van der Waals surface area contributed by atoms with Gasteiger partial charge in [-0.2, -0.15) is 0 Å². The van der Waals surface area contributed by atoms with E-state index in [1.807, 2.05) is 30.3 Å². The zero-order valence-electron chi connectivity index (χ0n) is 16.2. The van der Waals surface area contributed by atoms with Crippen molar-refractivity contribution in [1.82, 2.24) is 4.90 Å².